The van der Waals surface area contributed by atoms with Gasteiger partial charge >= 0.3 is 0 Å². The van der Waals surface area contributed by atoms with E-state index in [4.69, 9.17) is 4.74 Å². The number of anilines is 1. The molecular formula is C15H16N2O2. The Kier molecular flexibility index (Phi) is 2.95. The zero-order valence-electron chi connectivity index (χ0n) is 10.8. The number of amides is 1. The van der Waals surface area contributed by atoms with E-state index < -0.39 is 0 Å². The minimum atomic E-state index is -0.364. The lowest BCUT2D eigenvalue weighted by Crippen LogP contribution is -2.51. The number of hydrogen-bond acceptors (Lipinski definition) is 3. The molecule has 1 N–H and O–H groups in total. The van der Waals surface area contributed by atoms with E-state index in [-0.39, 0.29) is 11.3 Å². The summed E-state index contributed by atoms with van der Waals surface area (Å²) in [6, 6.07) is 9.67. The largest absolute Gasteiger partial charge is 0.379 e. The standard InChI is InChI=1S/C15H16N2O2/c1-2-15(9-19-10-15)14(18)17-12-7-3-5-11-6-4-8-16-13(11)12/h3-8H,2,9-10H2,1H3,(H,17,18). The van der Waals surface area contributed by atoms with Gasteiger partial charge in [-0.05, 0) is 18.6 Å². The molecule has 1 aromatic carbocycles. The van der Waals surface area contributed by atoms with Crippen molar-refractivity contribution >= 4 is 22.5 Å². The van der Waals surface area contributed by atoms with Gasteiger partial charge < -0.3 is 10.1 Å². The van der Waals surface area contributed by atoms with Crippen molar-refractivity contribution in [1.82, 2.24) is 4.98 Å². The number of pyridine rings is 1. The first-order valence-electron chi connectivity index (χ1n) is 6.48. The Morgan fingerprint density at radius 3 is 2.84 bits per heavy atom. The normalized spacial score (nSPS) is 16.9. The zero-order valence-corrected chi connectivity index (χ0v) is 10.8. The molecule has 2 aromatic rings. The highest BCUT2D eigenvalue weighted by Gasteiger charge is 2.44. The third-order valence-electron chi connectivity index (χ3n) is 3.80. The summed E-state index contributed by atoms with van der Waals surface area (Å²) < 4.78 is 5.20. The number of para-hydroxylation sites is 1. The molecule has 1 amide bonds. The van der Waals surface area contributed by atoms with Crippen LogP contribution in [0.3, 0.4) is 0 Å². The van der Waals surface area contributed by atoms with Crippen LogP contribution in [0.15, 0.2) is 36.5 Å². The van der Waals surface area contributed by atoms with Gasteiger partial charge in [-0.3, -0.25) is 9.78 Å². The maximum absolute atomic E-state index is 12.4. The first kappa shape index (κ1) is 12.1. The summed E-state index contributed by atoms with van der Waals surface area (Å²) in [5.41, 5.74) is 1.23. The first-order chi connectivity index (χ1) is 9.25. The second-order valence-corrected chi connectivity index (χ2v) is 4.96. The van der Waals surface area contributed by atoms with Crippen LogP contribution in [-0.2, 0) is 9.53 Å². The number of rotatable bonds is 3. The molecule has 3 rings (SSSR count). The van der Waals surface area contributed by atoms with E-state index in [0.29, 0.717) is 13.2 Å². The smallest absolute Gasteiger partial charge is 0.235 e. The number of carbonyl (C=O) groups excluding carboxylic acids is 1. The fourth-order valence-electron chi connectivity index (χ4n) is 2.30. The third kappa shape index (κ3) is 1.98. The van der Waals surface area contributed by atoms with Gasteiger partial charge in [0.05, 0.1) is 29.8 Å². The average molecular weight is 256 g/mol. The molecule has 1 saturated heterocycles. The van der Waals surface area contributed by atoms with Crippen molar-refractivity contribution in [2.24, 2.45) is 5.41 Å². The maximum atomic E-state index is 12.4. The Labute approximate surface area is 111 Å². The van der Waals surface area contributed by atoms with Crippen molar-refractivity contribution in [2.45, 2.75) is 13.3 Å². The van der Waals surface area contributed by atoms with Crippen LogP contribution in [-0.4, -0.2) is 24.1 Å². The van der Waals surface area contributed by atoms with Crippen LogP contribution < -0.4 is 5.32 Å². The van der Waals surface area contributed by atoms with E-state index >= 15 is 0 Å². The molecule has 2 heterocycles. The maximum Gasteiger partial charge on any atom is 0.235 e. The molecule has 1 aliphatic heterocycles. The predicted octanol–water partition coefficient (Wildman–Crippen LogP) is 2.60. The van der Waals surface area contributed by atoms with Crippen molar-refractivity contribution < 1.29 is 9.53 Å². The highest BCUT2D eigenvalue weighted by molar-refractivity contribution is 6.02. The minimum Gasteiger partial charge on any atom is -0.379 e. The lowest BCUT2D eigenvalue weighted by molar-refractivity contribution is -0.156. The zero-order chi connectivity index (χ0) is 13.3. The summed E-state index contributed by atoms with van der Waals surface area (Å²) in [6.45, 7) is 3.03. The van der Waals surface area contributed by atoms with E-state index in [1.54, 1.807) is 6.20 Å². The van der Waals surface area contributed by atoms with Gasteiger partial charge in [-0.25, -0.2) is 0 Å². The fraction of sp³-hybridized carbons (Fsp3) is 0.333. The highest BCUT2D eigenvalue weighted by Crippen LogP contribution is 2.33. The molecule has 0 unspecified atom stereocenters. The van der Waals surface area contributed by atoms with Crippen LogP contribution in [0.1, 0.15) is 13.3 Å². The van der Waals surface area contributed by atoms with Crippen LogP contribution in [0.4, 0.5) is 5.69 Å². The molecule has 0 spiro atoms. The second kappa shape index (κ2) is 4.63. The number of ether oxygens (including phenoxy) is 1. The molecule has 0 bridgehead atoms. The van der Waals surface area contributed by atoms with Crippen molar-refractivity contribution in [1.29, 1.82) is 0 Å². The molecule has 0 saturated carbocycles. The molecule has 4 nitrogen and oxygen atoms in total. The Morgan fingerprint density at radius 1 is 1.37 bits per heavy atom. The fourth-order valence-corrected chi connectivity index (χ4v) is 2.30. The van der Waals surface area contributed by atoms with Crippen molar-refractivity contribution in [3.63, 3.8) is 0 Å². The Bertz CT molecular complexity index is 610. The second-order valence-electron chi connectivity index (χ2n) is 4.96. The Balaban J connectivity index is 1.91. The van der Waals surface area contributed by atoms with E-state index in [1.807, 2.05) is 37.3 Å². The van der Waals surface area contributed by atoms with Gasteiger partial charge in [-0.1, -0.05) is 25.1 Å². The van der Waals surface area contributed by atoms with Crippen LogP contribution in [0.2, 0.25) is 0 Å². The first-order valence-corrected chi connectivity index (χ1v) is 6.48. The number of carbonyl (C=O) groups is 1. The third-order valence-corrected chi connectivity index (χ3v) is 3.80. The van der Waals surface area contributed by atoms with E-state index in [9.17, 15) is 4.79 Å². The SMILES string of the molecule is CCC1(C(=O)Nc2cccc3cccnc23)COC1. The number of aromatic nitrogens is 1. The van der Waals surface area contributed by atoms with Crippen LogP contribution in [0.5, 0.6) is 0 Å². The summed E-state index contributed by atoms with van der Waals surface area (Å²) in [5, 5.41) is 4.02. The molecule has 19 heavy (non-hydrogen) atoms. The van der Waals surface area contributed by atoms with Gasteiger partial charge in [0.2, 0.25) is 5.91 Å². The summed E-state index contributed by atoms with van der Waals surface area (Å²) in [4.78, 5) is 16.7. The molecule has 1 fully saturated rings. The van der Waals surface area contributed by atoms with Crippen LogP contribution in [0, 0.1) is 5.41 Å². The molecule has 0 atom stereocenters. The molecule has 1 aromatic heterocycles. The summed E-state index contributed by atoms with van der Waals surface area (Å²) in [6.07, 6.45) is 2.52. The summed E-state index contributed by atoms with van der Waals surface area (Å²) in [7, 11) is 0. The number of nitrogens with one attached hydrogen (secondary N) is 1. The number of benzene rings is 1. The highest BCUT2D eigenvalue weighted by atomic mass is 16.5. The van der Waals surface area contributed by atoms with Crippen molar-refractivity contribution in [2.75, 3.05) is 18.5 Å². The molecule has 4 heteroatoms. The van der Waals surface area contributed by atoms with Crippen molar-refractivity contribution in [3.8, 4) is 0 Å². The van der Waals surface area contributed by atoms with Gasteiger partial charge in [0.15, 0.2) is 0 Å². The molecule has 1 aliphatic rings. The van der Waals surface area contributed by atoms with Crippen LogP contribution >= 0.6 is 0 Å². The van der Waals surface area contributed by atoms with E-state index in [1.165, 1.54) is 0 Å². The van der Waals surface area contributed by atoms with E-state index in [0.717, 1.165) is 23.0 Å². The quantitative estimate of drug-likeness (QED) is 0.918. The Hall–Kier alpha value is -1.94. The average Bonchev–Trinajstić information content (AvgIpc) is 2.38. The Morgan fingerprint density at radius 2 is 2.16 bits per heavy atom. The topological polar surface area (TPSA) is 51.2 Å². The lowest BCUT2D eigenvalue weighted by atomic mass is 9.82. The van der Waals surface area contributed by atoms with Crippen molar-refractivity contribution in [3.05, 3.63) is 36.5 Å². The van der Waals surface area contributed by atoms with Gasteiger partial charge in [0, 0.05) is 11.6 Å². The lowest BCUT2D eigenvalue weighted by Gasteiger charge is -2.39. The summed E-state index contributed by atoms with van der Waals surface area (Å²) >= 11 is 0. The monoisotopic (exact) mass is 256 g/mol. The number of nitrogens with zero attached hydrogens (tertiary/aromatic N) is 1. The van der Waals surface area contributed by atoms with Gasteiger partial charge in [-0.2, -0.15) is 0 Å². The van der Waals surface area contributed by atoms with Gasteiger partial charge in [0.25, 0.3) is 0 Å². The molecule has 0 radical (unpaired) electrons. The van der Waals surface area contributed by atoms with Crippen LogP contribution in [0.25, 0.3) is 10.9 Å². The predicted molar refractivity (Wildman–Crippen MR) is 73.9 cm³/mol. The molecular weight excluding hydrogens is 240 g/mol. The van der Waals surface area contributed by atoms with Gasteiger partial charge in [-0.15, -0.1) is 0 Å². The number of hydrogen-bond donors (Lipinski definition) is 1. The number of fused-ring (bicyclic) bond motifs is 1. The molecule has 0 aliphatic carbocycles. The van der Waals surface area contributed by atoms with E-state index in [2.05, 4.69) is 10.3 Å². The summed E-state index contributed by atoms with van der Waals surface area (Å²) in [5.74, 6) is 0.0272. The molecule has 98 valence electrons. The minimum absolute atomic E-state index is 0.0272. The van der Waals surface area contributed by atoms with Gasteiger partial charge in [0.1, 0.15) is 0 Å².